The number of methoxy groups -OCH3 is 1. The fourth-order valence-corrected chi connectivity index (χ4v) is 2.85. The van der Waals surface area contributed by atoms with Crippen molar-refractivity contribution in [3.63, 3.8) is 0 Å². The van der Waals surface area contributed by atoms with Crippen molar-refractivity contribution in [3.8, 4) is 0 Å². The lowest BCUT2D eigenvalue weighted by Crippen LogP contribution is -2.14. The molecule has 0 aliphatic carbocycles. The summed E-state index contributed by atoms with van der Waals surface area (Å²) < 4.78 is 32.0. The monoisotopic (exact) mass is 334 g/mol. The molecule has 2 aromatic carbocycles. The Balaban J connectivity index is 2.07. The fourth-order valence-electron chi connectivity index (χ4n) is 1.72. The van der Waals surface area contributed by atoms with Crippen molar-refractivity contribution in [3.05, 3.63) is 71.8 Å². The van der Waals surface area contributed by atoms with E-state index in [9.17, 15) is 4.57 Å². The molecule has 0 aromatic heterocycles. The Kier molecular flexibility index (Phi) is 6.35. The zero-order chi connectivity index (χ0) is 16.5. The second-order valence-corrected chi connectivity index (χ2v) is 6.28. The van der Waals surface area contributed by atoms with Gasteiger partial charge in [-0.05, 0) is 11.1 Å². The van der Waals surface area contributed by atoms with Gasteiger partial charge in [0.1, 0.15) is 0 Å². The molecule has 0 heterocycles. The van der Waals surface area contributed by atoms with Crippen LogP contribution in [0, 0.1) is 0 Å². The maximum absolute atomic E-state index is 12.7. The van der Waals surface area contributed by atoms with Gasteiger partial charge in [-0.2, -0.15) is 0 Å². The van der Waals surface area contributed by atoms with Gasteiger partial charge < -0.3 is 10.5 Å². The number of ether oxygens (including phenoxy) is 1. The van der Waals surface area contributed by atoms with Gasteiger partial charge in [-0.25, -0.2) is 4.57 Å². The lowest BCUT2D eigenvalue weighted by molar-refractivity contribution is 0.191. The first-order chi connectivity index (χ1) is 11.1. The average molecular weight is 334 g/mol. The van der Waals surface area contributed by atoms with E-state index in [0.717, 1.165) is 11.1 Å². The Bertz CT molecular complexity index is 629. The zero-order valence-corrected chi connectivity index (χ0v) is 13.7. The third kappa shape index (κ3) is 5.87. The largest absolute Gasteiger partial charge is 0.468 e. The van der Waals surface area contributed by atoms with Gasteiger partial charge in [-0.15, -0.1) is 4.76 Å². The van der Waals surface area contributed by atoms with E-state index < -0.39 is 7.75 Å². The summed E-state index contributed by atoms with van der Waals surface area (Å²) in [6.07, 6.45) is 0. The van der Waals surface area contributed by atoms with Gasteiger partial charge in [-0.3, -0.25) is 9.05 Å². The fraction of sp³-hybridized carbons (Fsp3) is 0.188. The van der Waals surface area contributed by atoms with Crippen LogP contribution < -0.4 is 5.73 Å². The van der Waals surface area contributed by atoms with Gasteiger partial charge in [0.15, 0.2) is 0 Å². The Morgan fingerprint density at radius 2 is 1.39 bits per heavy atom. The molecule has 6 nitrogen and oxygen atoms in total. The molecular weight excluding hydrogens is 315 g/mol. The average Bonchev–Trinajstić information content (AvgIpc) is 2.60. The van der Waals surface area contributed by atoms with Gasteiger partial charge in [-0.1, -0.05) is 60.7 Å². The molecule has 122 valence electrons. The number of amidine groups is 1. The first-order valence-electron chi connectivity index (χ1n) is 6.98. The molecule has 2 aromatic rings. The number of hydrogen-bond donors (Lipinski definition) is 1. The van der Waals surface area contributed by atoms with Crippen LogP contribution in [-0.4, -0.2) is 13.1 Å². The molecule has 2 rings (SSSR count). The minimum atomic E-state index is -3.78. The molecule has 0 fully saturated rings. The smallest absolute Gasteiger partial charge is 0.459 e. The molecule has 7 heteroatoms. The van der Waals surface area contributed by atoms with Crippen LogP contribution in [0.3, 0.4) is 0 Å². The van der Waals surface area contributed by atoms with E-state index >= 15 is 0 Å². The zero-order valence-electron chi connectivity index (χ0n) is 12.8. The number of hydrogen-bond acceptors (Lipinski definition) is 4. The van der Waals surface area contributed by atoms with Crippen molar-refractivity contribution in [2.24, 2.45) is 10.5 Å². The van der Waals surface area contributed by atoms with Crippen LogP contribution in [0.25, 0.3) is 0 Å². The van der Waals surface area contributed by atoms with E-state index in [1.165, 1.54) is 7.11 Å². The molecule has 0 saturated carbocycles. The predicted octanol–water partition coefficient (Wildman–Crippen LogP) is 3.49. The predicted molar refractivity (Wildman–Crippen MR) is 88.7 cm³/mol. The molecule has 2 N–H and O–H groups in total. The first kappa shape index (κ1) is 17.2. The van der Waals surface area contributed by atoms with Gasteiger partial charge in [0.2, 0.25) is 0 Å². The molecule has 0 atom stereocenters. The van der Waals surface area contributed by atoms with Crippen LogP contribution in [0.2, 0.25) is 0 Å². The molecule has 0 unspecified atom stereocenters. The molecule has 0 radical (unpaired) electrons. The van der Waals surface area contributed by atoms with E-state index in [4.69, 9.17) is 19.5 Å². The SMILES string of the molecule is CO/C(N)=N/P(=O)(OCc1ccccc1)OCc1ccccc1. The summed E-state index contributed by atoms with van der Waals surface area (Å²) in [6.45, 7) is 0.181. The Labute approximate surface area is 135 Å². The third-order valence-corrected chi connectivity index (χ3v) is 4.26. The standard InChI is InChI=1S/C16H19N2O4P/c1-20-16(17)18-23(19,21-12-14-8-4-2-5-9-14)22-13-15-10-6-3-7-11-15/h2-11H,12-13H2,1H3,(H2,17,18,19). The van der Waals surface area contributed by atoms with Crippen LogP contribution in [0.1, 0.15) is 11.1 Å². The maximum Gasteiger partial charge on any atom is 0.459 e. The second-order valence-electron chi connectivity index (χ2n) is 4.63. The summed E-state index contributed by atoms with van der Waals surface area (Å²) in [6, 6.07) is 18.4. The Morgan fingerprint density at radius 3 is 1.78 bits per heavy atom. The van der Waals surface area contributed by atoms with Crippen molar-refractivity contribution in [2.75, 3.05) is 7.11 Å². The first-order valence-corrected chi connectivity index (χ1v) is 8.47. The highest BCUT2D eigenvalue weighted by Gasteiger charge is 2.25. The lowest BCUT2D eigenvalue weighted by atomic mass is 10.2. The highest BCUT2D eigenvalue weighted by molar-refractivity contribution is 7.52. The summed E-state index contributed by atoms with van der Waals surface area (Å²) in [5, 5.41) is 0. The Hall–Kier alpha value is -2.14. The van der Waals surface area contributed by atoms with Gasteiger partial charge in [0, 0.05) is 0 Å². The highest BCUT2D eigenvalue weighted by atomic mass is 31.2. The van der Waals surface area contributed by atoms with Crippen molar-refractivity contribution in [1.82, 2.24) is 0 Å². The summed E-state index contributed by atoms with van der Waals surface area (Å²) in [7, 11) is -2.45. The summed E-state index contributed by atoms with van der Waals surface area (Å²) in [5.74, 6) is 0. The number of nitrogens with zero attached hydrogens (tertiary/aromatic N) is 1. The molecule has 0 bridgehead atoms. The minimum Gasteiger partial charge on any atom is -0.468 e. The molecule has 0 aliphatic rings. The van der Waals surface area contributed by atoms with Crippen molar-refractivity contribution >= 4 is 13.8 Å². The van der Waals surface area contributed by atoms with Gasteiger partial charge in [0.05, 0.1) is 20.3 Å². The summed E-state index contributed by atoms with van der Waals surface area (Å²) in [5.41, 5.74) is 7.19. The summed E-state index contributed by atoms with van der Waals surface area (Å²) >= 11 is 0. The van der Waals surface area contributed by atoms with Crippen LogP contribution in [0.5, 0.6) is 0 Å². The van der Waals surface area contributed by atoms with E-state index in [1.807, 2.05) is 60.7 Å². The van der Waals surface area contributed by atoms with Crippen LogP contribution >= 0.6 is 7.75 Å². The van der Waals surface area contributed by atoms with Crippen LogP contribution in [0.4, 0.5) is 0 Å². The highest BCUT2D eigenvalue weighted by Crippen LogP contribution is 2.51. The minimum absolute atomic E-state index is 0.0907. The van der Waals surface area contributed by atoms with Crippen molar-refractivity contribution in [1.29, 1.82) is 0 Å². The molecule has 0 spiro atoms. The van der Waals surface area contributed by atoms with Gasteiger partial charge in [0.25, 0.3) is 6.02 Å². The second kappa shape index (κ2) is 8.48. The van der Waals surface area contributed by atoms with E-state index in [2.05, 4.69) is 4.76 Å². The van der Waals surface area contributed by atoms with E-state index in [1.54, 1.807) is 0 Å². The van der Waals surface area contributed by atoms with Gasteiger partial charge >= 0.3 is 7.75 Å². The maximum atomic E-state index is 12.7. The van der Waals surface area contributed by atoms with Crippen LogP contribution in [0.15, 0.2) is 65.4 Å². The topological polar surface area (TPSA) is 83.1 Å². The molecular formula is C16H19N2O4P. The molecule has 0 amide bonds. The Morgan fingerprint density at radius 1 is 0.957 bits per heavy atom. The molecule has 0 aliphatic heterocycles. The van der Waals surface area contributed by atoms with Crippen molar-refractivity contribution < 1.29 is 18.3 Å². The van der Waals surface area contributed by atoms with Crippen molar-refractivity contribution in [2.45, 2.75) is 13.2 Å². The normalized spacial score (nSPS) is 12.1. The molecule has 23 heavy (non-hydrogen) atoms. The molecule has 0 saturated heterocycles. The number of rotatable bonds is 7. The summed E-state index contributed by atoms with van der Waals surface area (Å²) in [4.78, 5) is 0. The third-order valence-electron chi connectivity index (χ3n) is 2.90. The number of nitrogens with two attached hydrogens (primary N) is 1. The van der Waals surface area contributed by atoms with Crippen LogP contribution in [-0.2, 0) is 31.6 Å². The van der Waals surface area contributed by atoms with E-state index in [-0.39, 0.29) is 19.2 Å². The quantitative estimate of drug-likeness (QED) is 0.476. The number of benzene rings is 2. The lowest BCUT2D eigenvalue weighted by Gasteiger charge is -2.14. The van der Waals surface area contributed by atoms with E-state index in [0.29, 0.717) is 0 Å².